The lowest BCUT2D eigenvalue weighted by molar-refractivity contribution is 0.0985. The fraction of sp³-hybridized carbons (Fsp3) is 0.370. The maximum atomic E-state index is 11.5. The van der Waals surface area contributed by atoms with Gasteiger partial charge in [0.05, 0.1) is 29.8 Å². The molecule has 1 aromatic heterocycles. The third kappa shape index (κ3) is 5.89. The van der Waals surface area contributed by atoms with Crippen LogP contribution < -0.4 is 15.5 Å². The van der Waals surface area contributed by atoms with Gasteiger partial charge < -0.3 is 20.3 Å². The third-order valence-corrected chi connectivity index (χ3v) is 9.32. The van der Waals surface area contributed by atoms with Crippen molar-refractivity contribution in [2.24, 2.45) is 0 Å². The predicted octanol–water partition coefficient (Wildman–Crippen LogP) is 5.72. The Morgan fingerprint density at radius 1 is 1.14 bits per heavy atom. The van der Waals surface area contributed by atoms with E-state index < -0.39 is 15.3 Å². The number of hydrogen-bond donors (Lipinski definition) is 4. The van der Waals surface area contributed by atoms with Gasteiger partial charge in [-0.3, -0.25) is 9.11 Å². The van der Waals surface area contributed by atoms with Crippen LogP contribution in [0.25, 0.3) is 11.4 Å². The monoisotopic (exact) mass is 541 g/mol. The summed E-state index contributed by atoms with van der Waals surface area (Å²) in [6.07, 6.45) is 0. The van der Waals surface area contributed by atoms with Gasteiger partial charge in [0.25, 0.3) is 0 Å². The van der Waals surface area contributed by atoms with Gasteiger partial charge in [-0.05, 0) is 76.3 Å². The molecule has 198 valence electrons. The Balaban J connectivity index is 1.77. The molecule has 37 heavy (non-hydrogen) atoms. The van der Waals surface area contributed by atoms with Crippen LogP contribution in [0.3, 0.4) is 0 Å². The average molecular weight is 542 g/mol. The van der Waals surface area contributed by atoms with Gasteiger partial charge in [-0.1, -0.05) is 18.2 Å². The first-order valence-electron chi connectivity index (χ1n) is 12.4. The molecule has 3 aromatic rings. The first-order valence-corrected chi connectivity index (χ1v) is 14.3. The molecule has 2 heterocycles. The summed E-state index contributed by atoms with van der Waals surface area (Å²) in [5.41, 5.74) is 2.23. The molecule has 1 aliphatic rings. The minimum absolute atomic E-state index is 0.126. The van der Waals surface area contributed by atoms with E-state index in [2.05, 4.69) is 22.5 Å². The fourth-order valence-electron chi connectivity index (χ4n) is 4.18. The molecule has 2 aromatic carbocycles. The molecule has 10 heteroatoms. The van der Waals surface area contributed by atoms with Crippen molar-refractivity contribution in [2.45, 2.75) is 43.4 Å². The molecule has 0 saturated carbocycles. The average Bonchev–Trinajstić information content (AvgIpc) is 2.89. The summed E-state index contributed by atoms with van der Waals surface area (Å²) in [6, 6.07) is 18.7. The Hall–Kier alpha value is -2.76. The van der Waals surface area contributed by atoms with Crippen molar-refractivity contribution in [1.29, 1.82) is 0 Å². The first-order chi connectivity index (χ1) is 17.6. The number of hydrogen-bond acceptors (Lipinski definition) is 7. The number of thiocarbonyl (C=S) groups is 1. The number of morpholine rings is 1. The van der Waals surface area contributed by atoms with E-state index in [-0.39, 0.29) is 6.04 Å². The quantitative estimate of drug-likeness (QED) is 0.280. The van der Waals surface area contributed by atoms with Crippen LogP contribution in [0.5, 0.6) is 0 Å². The van der Waals surface area contributed by atoms with Crippen LogP contribution in [0.1, 0.15) is 33.4 Å². The van der Waals surface area contributed by atoms with E-state index in [1.807, 2.05) is 69.3 Å². The molecule has 0 bridgehead atoms. The molecule has 4 rings (SSSR count). The second kappa shape index (κ2) is 11.3. The number of anilines is 2. The van der Waals surface area contributed by atoms with Crippen LogP contribution >= 0.6 is 22.8 Å². The summed E-state index contributed by atoms with van der Waals surface area (Å²) >= 11 is 5.29. The number of nitrogens with zero attached hydrogens (tertiary/aromatic N) is 3. The zero-order valence-electron chi connectivity index (χ0n) is 21.6. The van der Waals surface area contributed by atoms with Crippen molar-refractivity contribution in [2.75, 3.05) is 36.5 Å². The van der Waals surface area contributed by atoms with Crippen molar-refractivity contribution in [1.82, 2.24) is 15.3 Å². The highest BCUT2D eigenvalue weighted by Crippen LogP contribution is 2.63. The van der Waals surface area contributed by atoms with Crippen molar-refractivity contribution in [3.63, 3.8) is 0 Å². The van der Waals surface area contributed by atoms with E-state index in [0.29, 0.717) is 41.3 Å². The summed E-state index contributed by atoms with van der Waals surface area (Å²) in [6.45, 7) is 10.4. The van der Waals surface area contributed by atoms with Gasteiger partial charge in [-0.2, -0.15) is 10.6 Å². The van der Waals surface area contributed by atoms with Crippen LogP contribution in [0.2, 0.25) is 0 Å². The van der Waals surface area contributed by atoms with Gasteiger partial charge in [-0.25, -0.2) is 9.97 Å². The standard InChI is InChI=1S/C27H35N5O3S2/c1-5-28-26(36)29-21-13-11-20(12-14-21)25-30-23(17-24(31-25)32-15-16-35-18-19(32)2)27(3,4)37(33,34)22-9-7-6-8-10-22/h6-14,17,19,33-34H,5,15-16,18H2,1-4H3,(H2,28,29,36)/t19-/m0/s1. The van der Waals surface area contributed by atoms with Crippen LogP contribution in [0.15, 0.2) is 65.6 Å². The Morgan fingerprint density at radius 3 is 2.49 bits per heavy atom. The second-order valence-corrected chi connectivity index (χ2v) is 12.5. The van der Waals surface area contributed by atoms with Crippen molar-refractivity contribution < 1.29 is 13.8 Å². The van der Waals surface area contributed by atoms with Crippen LogP contribution in [-0.4, -0.2) is 56.5 Å². The lowest BCUT2D eigenvalue weighted by atomic mass is 10.1. The van der Waals surface area contributed by atoms with Gasteiger partial charge in [0.15, 0.2) is 10.9 Å². The maximum Gasteiger partial charge on any atom is 0.170 e. The van der Waals surface area contributed by atoms with E-state index in [4.69, 9.17) is 26.9 Å². The number of benzene rings is 2. The van der Waals surface area contributed by atoms with Crippen molar-refractivity contribution >= 4 is 39.4 Å². The molecule has 8 nitrogen and oxygen atoms in total. The van der Waals surface area contributed by atoms with Crippen molar-refractivity contribution in [3.8, 4) is 11.4 Å². The fourth-order valence-corrected chi connectivity index (χ4v) is 5.96. The van der Waals surface area contributed by atoms with Crippen LogP contribution in [0.4, 0.5) is 11.5 Å². The smallest absolute Gasteiger partial charge is 0.170 e. The summed E-state index contributed by atoms with van der Waals surface area (Å²) in [4.78, 5) is 12.5. The Morgan fingerprint density at radius 2 is 1.84 bits per heavy atom. The van der Waals surface area contributed by atoms with E-state index in [1.54, 1.807) is 12.1 Å². The zero-order valence-corrected chi connectivity index (χ0v) is 23.3. The SMILES string of the molecule is CCNC(=S)Nc1ccc(-c2nc(N3CCOC[C@@H]3C)cc(C(C)(C)S(O)(O)c3ccccc3)n2)cc1. The van der Waals surface area contributed by atoms with Crippen molar-refractivity contribution in [3.05, 3.63) is 66.4 Å². The lowest BCUT2D eigenvalue weighted by Gasteiger charge is -2.46. The molecule has 0 aliphatic carbocycles. The van der Waals surface area contributed by atoms with Crippen LogP contribution in [0, 0.1) is 0 Å². The van der Waals surface area contributed by atoms with E-state index in [1.165, 1.54) is 0 Å². The largest absolute Gasteiger partial charge is 0.377 e. The second-order valence-electron chi connectivity index (χ2n) is 9.49. The van der Waals surface area contributed by atoms with Gasteiger partial charge in [0, 0.05) is 30.4 Å². The van der Waals surface area contributed by atoms with E-state index in [0.717, 1.165) is 23.6 Å². The highest BCUT2D eigenvalue weighted by atomic mass is 32.3. The highest BCUT2D eigenvalue weighted by molar-refractivity contribution is 8.25. The number of nitrogens with one attached hydrogen (secondary N) is 2. The van der Waals surface area contributed by atoms with Gasteiger partial charge in [0.2, 0.25) is 0 Å². The maximum absolute atomic E-state index is 11.5. The Labute approximate surface area is 225 Å². The third-order valence-electron chi connectivity index (χ3n) is 6.51. The molecule has 0 radical (unpaired) electrons. The molecular formula is C27H35N5O3S2. The normalized spacial score (nSPS) is 16.8. The molecule has 4 N–H and O–H groups in total. The molecule has 1 saturated heterocycles. The minimum atomic E-state index is -3.24. The van der Waals surface area contributed by atoms with Crippen LogP contribution in [-0.2, 0) is 9.48 Å². The summed E-state index contributed by atoms with van der Waals surface area (Å²) in [5.74, 6) is 1.26. The minimum Gasteiger partial charge on any atom is -0.377 e. The Bertz CT molecular complexity index is 1220. The topological polar surface area (TPSA) is 103 Å². The predicted molar refractivity (Wildman–Crippen MR) is 156 cm³/mol. The first kappa shape index (κ1) is 27.3. The van der Waals surface area contributed by atoms with E-state index in [9.17, 15) is 9.11 Å². The molecule has 0 amide bonds. The molecule has 1 aliphatic heterocycles. The van der Waals surface area contributed by atoms with E-state index >= 15 is 0 Å². The number of ether oxygens (including phenoxy) is 1. The lowest BCUT2D eigenvalue weighted by Crippen LogP contribution is -2.44. The van der Waals surface area contributed by atoms with Gasteiger partial charge in [0.1, 0.15) is 10.6 Å². The summed E-state index contributed by atoms with van der Waals surface area (Å²) < 4.78 is 27.5. The molecule has 0 unspecified atom stereocenters. The summed E-state index contributed by atoms with van der Waals surface area (Å²) in [5, 5.41) is 6.79. The van der Waals surface area contributed by atoms with Gasteiger partial charge >= 0.3 is 0 Å². The molecular weight excluding hydrogens is 506 g/mol. The molecule has 1 atom stereocenters. The molecule has 0 spiro atoms. The van der Waals surface area contributed by atoms with Gasteiger partial charge in [-0.15, -0.1) is 0 Å². The Kier molecular flexibility index (Phi) is 8.35. The highest BCUT2D eigenvalue weighted by Gasteiger charge is 2.40. The summed E-state index contributed by atoms with van der Waals surface area (Å²) in [7, 11) is -3.24. The number of aromatic nitrogens is 2. The molecule has 1 fully saturated rings. The number of rotatable bonds is 7. The zero-order chi connectivity index (χ0) is 26.6.